The van der Waals surface area contributed by atoms with Crippen LogP contribution in [0.15, 0.2) is 41.9 Å². The fourth-order valence-electron chi connectivity index (χ4n) is 3.86. The Balaban J connectivity index is 1.59. The molecule has 3 heterocycles. The van der Waals surface area contributed by atoms with Crippen LogP contribution in [0.5, 0.6) is 0 Å². The molecular weight excluding hydrogens is 330 g/mol. The van der Waals surface area contributed by atoms with Crippen LogP contribution in [0.25, 0.3) is 16.2 Å². The maximum Gasteiger partial charge on any atom is 0.229 e. The van der Waals surface area contributed by atoms with Crippen LogP contribution in [-0.2, 0) is 11.2 Å². The standard InChI is InChI=1S/C20H23N3OS/c1-14-7-6-8-15(2)23(14)19(24)11-17-13-25-20-21-18(12-22(17)20)16-9-4-3-5-10-16/h3-5,9-10,12-15H,6-8,11H2,1-2H3. The van der Waals surface area contributed by atoms with Crippen molar-refractivity contribution in [3.63, 3.8) is 0 Å². The highest BCUT2D eigenvalue weighted by atomic mass is 32.1. The van der Waals surface area contributed by atoms with E-state index in [9.17, 15) is 4.79 Å². The van der Waals surface area contributed by atoms with Gasteiger partial charge >= 0.3 is 0 Å². The number of carbonyl (C=O) groups excluding carboxylic acids is 1. The highest BCUT2D eigenvalue weighted by Gasteiger charge is 2.29. The van der Waals surface area contributed by atoms with Gasteiger partial charge in [0.25, 0.3) is 0 Å². The number of fused-ring (bicyclic) bond motifs is 1. The minimum atomic E-state index is 0.231. The van der Waals surface area contributed by atoms with Gasteiger partial charge in [-0.2, -0.15) is 0 Å². The van der Waals surface area contributed by atoms with E-state index in [1.165, 1.54) is 6.42 Å². The molecule has 1 aliphatic heterocycles. The smallest absolute Gasteiger partial charge is 0.229 e. The Morgan fingerprint density at radius 3 is 2.64 bits per heavy atom. The molecule has 2 aromatic heterocycles. The summed E-state index contributed by atoms with van der Waals surface area (Å²) < 4.78 is 2.07. The summed E-state index contributed by atoms with van der Waals surface area (Å²) in [6, 6.07) is 10.9. The van der Waals surface area contributed by atoms with Crippen molar-refractivity contribution >= 4 is 22.2 Å². The monoisotopic (exact) mass is 353 g/mol. The lowest BCUT2D eigenvalue weighted by Crippen LogP contribution is -2.48. The Morgan fingerprint density at radius 2 is 1.92 bits per heavy atom. The SMILES string of the molecule is CC1CCCC(C)N1C(=O)Cc1csc2nc(-c3ccccc3)cn12. The molecule has 0 saturated carbocycles. The van der Waals surface area contributed by atoms with Crippen molar-refractivity contribution in [2.24, 2.45) is 0 Å². The van der Waals surface area contributed by atoms with E-state index in [1.807, 2.05) is 24.4 Å². The van der Waals surface area contributed by atoms with Crippen molar-refractivity contribution in [2.75, 3.05) is 0 Å². The van der Waals surface area contributed by atoms with Crippen LogP contribution in [-0.4, -0.2) is 32.3 Å². The van der Waals surface area contributed by atoms with Crippen LogP contribution < -0.4 is 0 Å². The number of amides is 1. The van der Waals surface area contributed by atoms with Crippen LogP contribution in [0.4, 0.5) is 0 Å². The Labute approximate surface area is 152 Å². The summed E-state index contributed by atoms with van der Waals surface area (Å²) >= 11 is 1.60. The van der Waals surface area contributed by atoms with Crippen LogP contribution >= 0.6 is 11.3 Å². The largest absolute Gasteiger partial charge is 0.337 e. The minimum Gasteiger partial charge on any atom is -0.337 e. The lowest BCUT2D eigenvalue weighted by atomic mass is 9.97. The number of benzene rings is 1. The molecule has 1 fully saturated rings. The molecular formula is C20H23N3OS. The Kier molecular flexibility index (Phi) is 4.34. The zero-order valence-corrected chi connectivity index (χ0v) is 15.5. The number of thiazole rings is 1. The van der Waals surface area contributed by atoms with Gasteiger partial charge in [-0.25, -0.2) is 4.98 Å². The first-order chi connectivity index (χ1) is 12.1. The van der Waals surface area contributed by atoms with Gasteiger partial charge in [-0.3, -0.25) is 9.20 Å². The predicted octanol–water partition coefficient (Wildman–Crippen LogP) is 4.39. The van der Waals surface area contributed by atoms with Crippen molar-refractivity contribution in [1.82, 2.24) is 14.3 Å². The van der Waals surface area contributed by atoms with Gasteiger partial charge in [-0.05, 0) is 33.1 Å². The number of hydrogen-bond acceptors (Lipinski definition) is 3. The highest BCUT2D eigenvalue weighted by Crippen LogP contribution is 2.26. The topological polar surface area (TPSA) is 37.6 Å². The van der Waals surface area contributed by atoms with Crippen molar-refractivity contribution < 1.29 is 4.79 Å². The van der Waals surface area contributed by atoms with Crippen LogP contribution in [0, 0.1) is 0 Å². The summed E-state index contributed by atoms with van der Waals surface area (Å²) in [4.78, 5) is 20.6. The average molecular weight is 353 g/mol. The number of rotatable bonds is 3. The Hall–Kier alpha value is -2.14. The molecule has 3 aromatic rings. The average Bonchev–Trinajstić information content (AvgIpc) is 3.18. The van der Waals surface area contributed by atoms with Crippen molar-refractivity contribution in [2.45, 2.75) is 51.6 Å². The maximum absolute atomic E-state index is 12.9. The van der Waals surface area contributed by atoms with Gasteiger partial charge in [-0.15, -0.1) is 11.3 Å². The molecule has 0 radical (unpaired) electrons. The summed E-state index contributed by atoms with van der Waals surface area (Å²) in [5.74, 6) is 0.231. The van der Waals surface area contributed by atoms with Gasteiger partial charge in [0.05, 0.1) is 12.1 Å². The number of hydrogen-bond donors (Lipinski definition) is 0. The third kappa shape index (κ3) is 3.09. The lowest BCUT2D eigenvalue weighted by molar-refractivity contribution is -0.136. The van der Waals surface area contributed by atoms with Gasteiger partial charge in [0, 0.05) is 34.9 Å². The van der Waals surface area contributed by atoms with Crippen LogP contribution in [0.2, 0.25) is 0 Å². The molecule has 0 spiro atoms. The van der Waals surface area contributed by atoms with E-state index < -0.39 is 0 Å². The fraction of sp³-hybridized carbons (Fsp3) is 0.400. The molecule has 4 nitrogen and oxygen atoms in total. The van der Waals surface area contributed by atoms with E-state index >= 15 is 0 Å². The van der Waals surface area contributed by atoms with E-state index in [0.29, 0.717) is 18.5 Å². The van der Waals surface area contributed by atoms with E-state index in [1.54, 1.807) is 11.3 Å². The molecule has 4 rings (SSSR count). The predicted molar refractivity (Wildman–Crippen MR) is 102 cm³/mol. The molecule has 0 N–H and O–H groups in total. The van der Waals surface area contributed by atoms with Gasteiger partial charge in [-0.1, -0.05) is 30.3 Å². The quantitative estimate of drug-likeness (QED) is 0.700. The third-order valence-corrected chi connectivity index (χ3v) is 6.06. The number of nitrogens with zero attached hydrogens (tertiary/aromatic N) is 3. The van der Waals surface area contributed by atoms with Crippen LogP contribution in [0.1, 0.15) is 38.8 Å². The van der Waals surface area contributed by atoms with E-state index in [-0.39, 0.29) is 5.91 Å². The molecule has 1 amide bonds. The summed E-state index contributed by atoms with van der Waals surface area (Å²) in [5.41, 5.74) is 3.10. The molecule has 2 atom stereocenters. The van der Waals surface area contributed by atoms with E-state index in [2.05, 4.69) is 40.7 Å². The number of piperidine rings is 1. The maximum atomic E-state index is 12.9. The molecule has 2 unspecified atom stereocenters. The summed E-state index contributed by atoms with van der Waals surface area (Å²) in [7, 11) is 0. The van der Waals surface area contributed by atoms with E-state index in [4.69, 9.17) is 4.98 Å². The Bertz CT molecular complexity index is 873. The molecule has 0 aliphatic carbocycles. The van der Waals surface area contributed by atoms with Gasteiger partial charge in [0.2, 0.25) is 5.91 Å². The van der Waals surface area contributed by atoms with Crippen molar-refractivity contribution in [1.29, 1.82) is 0 Å². The zero-order valence-electron chi connectivity index (χ0n) is 14.7. The number of imidazole rings is 1. The van der Waals surface area contributed by atoms with E-state index in [0.717, 1.165) is 34.8 Å². The van der Waals surface area contributed by atoms with Crippen molar-refractivity contribution in [3.05, 3.63) is 47.6 Å². The first-order valence-electron chi connectivity index (χ1n) is 8.95. The molecule has 25 heavy (non-hydrogen) atoms. The first kappa shape index (κ1) is 16.3. The third-order valence-electron chi connectivity index (χ3n) is 5.17. The molecule has 1 saturated heterocycles. The number of aromatic nitrogens is 2. The second-order valence-electron chi connectivity index (χ2n) is 6.98. The fourth-order valence-corrected chi connectivity index (χ4v) is 4.74. The first-order valence-corrected chi connectivity index (χ1v) is 9.83. The molecule has 1 aliphatic rings. The second-order valence-corrected chi connectivity index (χ2v) is 7.82. The molecule has 1 aromatic carbocycles. The van der Waals surface area contributed by atoms with Gasteiger partial charge < -0.3 is 4.90 Å². The normalized spacial score (nSPS) is 21.0. The van der Waals surface area contributed by atoms with Crippen molar-refractivity contribution in [3.8, 4) is 11.3 Å². The summed E-state index contributed by atoms with van der Waals surface area (Å²) in [6.07, 6.45) is 5.93. The molecule has 5 heteroatoms. The van der Waals surface area contributed by atoms with Gasteiger partial charge in [0.15, 0.2) is 4.96 Å². The lowest BCUT2D eigenvalue weighted by Gasteiger charge is -2.39. The molecule has 0 bridgehead atoms. The summed E-state index contributed by atoms with van der Waals surface area (Å²) in [5, 5.41) is 2.06. The number of carbonyl (C=O) groups is 1. The highest BCUT2D eigenvalue weighted by molar-refractivity contribution is 7.15. The summed E-state index contributed by atoms with van der Waals surface area (Å²) in [6.45, 7) is 4.34. The molecule has 130 valence electrons. The minimum absolute atomic E-state index is 0.231. The zero-order chi connectivity index (χ0) is 17.4. The number of likely N-dealkylation sites (tertiary alicyclic amines) is 1. The Morgan fingerprint density at radius 1 is 1.20 bits per heavy atom. The van der Waals surface area contributed by atoms with Crippen LogP contribution in [0.3, 0.4) is 0 Å². The second kappa shape index (κ2) is 6.64. The van der Waals surface area contributed by atoms with Gasteiger partial charge in [0.1, 0.15) is 0 Å².